The van der Waals surface area contributed by atoms with Crippen molar-refractivity contribution in [3.63, 3.8) is 0 Å². The molecule has 2 aliphatic rings. The predicted octanol–water partition coefficient (Wildman–Crippen LogP) is 6.74. The molecule has 1 atom stereocenters. The second kappa shape index (κ2) is 12.3. The van der Waals surface area contributed by atoms with Gasteiger partial charge in [-0.05, 0) is 62.6 Å². The minimum atomic E-state index is -2.98. The summed E-state index contributed by atoms with van der Waals surface area (Å²) < 4.78 is 85.3. The number of carbonyl (C=O) groups excluding carboxylic acids is 1. The molecular formula is C32H33F5N2O4S. The van der Waals surface area contributed by atoms with Gasteiger partial charge in [-0.2, -0.15) is 8.78 Å². The number of rotatable bonds is 9. The molecule has 0 heterocycles. The van der Waals surface area contributed by atoms with E-state index in [-0.39, 0.29) is 36.4 Å². The number of benzene rings is 3. The Bertz CT molecular complexity index is 1520. The quantitative estimate of drug-likeness (QED) is 0.105. The van der Waals surface area contributed by atoms with Crippen LogP contribution in [-0.2, 0) is 28.3 Å². The van der Waals surface area contributed by atoms with Crippen molar-refractivity contribution in [2.45, 2.75) is 87.3 Å². The van der Waals surface area contributed by atoms with Crippen LogP contribution in [0, 0.1) is 29.1 Å². The Morgan fingerprint density at radius 3 is 2.05 bits per heavy atom. The van der Waals surface area contributed by atoms with Crippen molar-refractivity contribution in [1.82, 2.24) is 4.72 Å². The molecule has 2 aliphatic carbocycles. The van der Waals surface area contributed by atoms with Crippen LogP contribution in [0.15, 0.2) is 47.4 Å². The van der Waals surface area contributed by atoms with Gasteiger partial charge in [0.1, 0.15) is 11.3 Å². The number of halogens is 5. The third kappa shape index (κ3) is 6.30. The number of amides is 1. The number of nitrogens with zero attached hydrogens (tertiary/aromatic N) is 1. The van der Waals surface area contributed by atoms with E-state index in [0.717, 1.165) is 18.4 Å². The molecule has 236 valence electrons. The highest BCUT2D eigenvalue weighted by Gasteiger charge is 2.56. The molecule has 2 fully saturated rings. The molecule has 0 saturated heterocycles. The highest BCUT2D eigenvalue weighted by Crippen LogP contribution is 2.42. The van der Waals surface area contributed by atoms with Crippen LogP contribution in [-0.4, -0.2) is 26.2 Å². The normalized spacial score (nSPS) is 17.4. The molecule has 44 heavy (non-hydrogen) atoms. The Hall–Kier alpha value is -3.19. The number of hydrogen-bond donors (Lipinski definition) is 3. The van der Waals surface area contributed by atoms with Crippen LogP contribution in [0.3, 0.4) is 0 Å². The van der Waals surface area contributed by atoms with E-state index < -0.39 is 62.4 Å². The lowest BCUT2D eigenvalue weighted by atomic mass is 9.84. The Balaban J connectivity index is 1.46. The monoisotopic (exact) mass is 636 g/mol. The van der Waals surface area contributed by atoms with E-state index in [1.807, 2.05) is 24.3 Å². The molecule has 5 rings (SSSR count). The Morgan fingerprint density at radius 2 is 1.52 bits per heavy atom. The maximum Gasteiger partial charge on any atom is 0.252 e. The zero-order valence-corrected chi connectivity index (χ0v) is 25.0. The number of phenols is 1. The van der Waals surface area contributed by atoms with Gasteiger partial charge in [-0.25, -0.2) is 13.2 Å². The lowest BCUT2D eigenvalue weighted by molar-refractivity contribution is -0.121. The van der Waals surface area contributed by atoms with E-state index >= 15 is 0 Å². The van der Waals surface area contributed by atoms with Gasteiger partial charge in [0.2, 0.25) is 29.1 Å². The van der Waals surface area contributed by atoms with Gasteiger partial charge in [0.05, 0.1) is 23.5 Å². The number of nitrogens with one attached hydrogen (secondary N) is 1. The molecule has 3 aromatic carbocycles. The summed E-state index contributed by atoms with van der Waals surface area (Å²) in [4.78, 5) is 13.8. The Labute approximate surface area is 255 Å². The van der Waals surface area contributed by atoms with Crippen LogP contribution < -0.4 is 9.62 Å². The van der Waals surface area contributed by atoms with Crippen molar-refractivity contribution < 1.29 is 41.5 Å². The van der Waals surface area contributed by atoms with Crippen molar-refractivity contribution in [3.8, 4) is 5.75 Å². The minimum Gasteiger partial charge on any atom is -0.593 e. The fraction of sp³-hybridized carbons (Fsp3) is 0.406. The largest absolute Gasteiger partial charge is 0.593 e. The van der Waals surface area contributed by atoms with Crippen LogP contribution in [0.1, 0.15) is 81.4 Å². The van der Waals surface area contributed by atoms with Gasteiger partial charge in [0.25, 0.3) is 10.8 Å². The number of anilines is 1. The van der Waals surface area contributed by atoms with Crippen LogP contribution in [0.4, 0.5) is 27.6 Å². The van der Waals surface area contributed by atoms with Crippen molar-refractivity contribution in [2.24, 2.45) is 0 Å². The summed E-state index contributed by atoms with van der Waals surface area (Å²) in [7, 11) is 0. The average molecular weight is 637 g/mol. The molecule has 3 aromatic rings. The summed E-state index contributed by atoms with van der Waals surface area (Å²) >= 11 is -2.98. The first-order chi connectivity index (χ1) is 20.7. The number of aliphatic hydroxyl groups is 1. The number of aromatic hydroxyl groups is 1. The van der Waals surface area contributed by atoms with Gasteiger partial charge in [0.15, 0.2) is 0 Å². The topological polar surface area (TPSA) is 95.9 Å². The highest BCUT2D eigenvalue weighted by molar-refractivity contribution is 7.89. The fourth-order valence-electron chi connectivity index (χ4n) is 5.72. The molecule has 2 saturated carbocycles. The second-order valence-corrected chi connectivity index (χ2v) is 13.2. The van der Waals surface area contributed by atoms with Crippen LogP contribution in [0.5, 0.6) is 5.75 Å². The zero-order valence-electron chi connectivity index (χ0n) is 24.2. The maximum absolute atomic E-state index is 14.4. The number of hydrogen-bond acceptors (Lipinski definition) is 5. The van der Waals surface area contributed by atoms with Gasteiger partial charge in [-0.1, -0.05) is 49.6 Å². The molecule has 0 spiro atoms. The summed E-state index contributed by atoms with van der Waals surface area (Å²) in [5.74, 6) is -11.9. The van der Waals surface area contributed by atoms with Gasteiger partial charge >= 0.3 is 0 Å². The first kappa shape index (κ1) is 32.2. The molecule has 12 heteroatoms. The molecule has 3 N–H and O–H groups in total. The van der Waals surface area contributed by atoms with Crippen LogP contribution in [0.25, 0.3) is 0 Å². The molecule has 1 amide bonds. The fourth-order valence-corrected chi connectivity index (χ4v) is 6.97. The molecule has 6 nitrogen and oxygen atoms in total. The van der Waals surface area contributed by atoms with E-state index in [2.05, 4.69) is 4.72 Å². The molecule has 0 radical (unpaired) electrons. The Kier molecular flexibility index (Phi) is 9.01. The summed E-state index contributed by atoms with van der Waals surface area (Å²) in [6, 6.07) is 12.0. The first-order valence-corrected chi connectivity index (χ1v) is 15.6. The smallest absolute Gasteiger partial charge is 0.252 e. The third-order valence-corrected chi connectivity index (χ3v) is 9.70. The molecule has 0 bridgehead atoms. The molecular weight excluding hydrogens is 603 g/mol. The molecule has 0 aromatic heterocycles. The zero-order chi connectivity index (χ0) is 32.0. The van der Waals surface area contributed by atoms with E-state index in [1.54, 1.807) is 0 Å². The van der Waals surface area contributed by atoms with E-state index in [4.69, 9.17) is 0 Å². The van der Waals surface area contributed by atoms with Crippen LogP contribution in [0.2, 0.25) is 0 Å². The van der Waals surface area contributed by atoms with Crippen molar-refractivity contribution >= 4 is 23.0 Å². The van der Waals surface area contributed by atoms with Crippen molar-refractivity contribution in [1.29, 1.82) is 0 Å². The molecule has 0 aliphatic heterocycles. The lowest BCUT2D eigenvalue weighted by Crippen LogP contribution is -2.51. The first-order valence-electron chi connectivity index (χ1n) is 14.4. The van der Waals surface area contributed by atoms with Gasteiger partial charge in [0, 0.05) is 17.3 Å². The number of carbonyl (C=O) groups is 1. The van der Waals surface area contributed by atoms with E-state index in [0.29, 0.717) is 5.92 Å². The van der Waals surface area contributed by atoms with Gasteiger partial charge in [-0.3, -0.25) is 4.79 Å². The average Bonchev–Trinajstić information content (AvgIpc) is 3.78. The summed E-state index contributed by atoms with van der Waals surface area (Å²) in [5, 5.41) is 21.1. The summed E-state index contributed by atoms with van der Waals surface area (Å²) in [5.41, 5.74) is -0.699. The predicted molar refractivity (Wildman–Crippen MR) is 155 cm³/mol. The third-order valence-electron chi connectivity index (χ3n) is 8.40. The van der Waals surface area contributed by atoms with Crippen LogP contribution >= 0.6 is 0 Å². The van der Waals surface area contributed by atoms with E-state index in [9.17, 15) is 41.5 Å². The SMILES string of the molecule is CC(C)(O)c1ccc(N(Cc2ccc(C3CCCCC3)cc2)C(=O)C2(N[S+]([O-])c3c(F)c(F)c(F)c(F)c3F)CC2)cc1O. The maximum atomic E-state index is 14.4. The second-order valence-electron chi connectivity index (χ2n) is 12.1. The standard InChI is InChI=1S/C32H33F5N2O4S/c1-31(2,42)22-13-12-21(16-23(22)40)39(17-18-8-10-20(11-9-18)19-6-4-3-5-7-19)30(41)32(14-15-32)38-44(43)29-27(36)25(34)24(33)26(35)28(29)37/h8-13,16,19,38,40,42H,3-7,14-15,17H2,1-2H3. The highest BCUT2D eigenvalue weighted by atomic mass is 32.2. The Morgan fingerprint density at radius 1 is 0.955 bits per heavy atom. The van der Waals surface area contributed by atoms with Crippen molar-refractivity contribution in [2.75, 3.05) is 4.90 Å². The number of phenolic OH excluding ortho intramolecular Hbond substituents is 1. The molecule has 1 unspecified atom stereocenters. The lowest BCUT2D eigenvalue weighted by Gasteiger charge is -2.29. The van der Waals surface area contributed by atoms with E-state index in [1.165, 1.54) is 61.8 Å². The van der Waals surface area contributed by atoms with Gasteiger partial charge in [-0.15, -0.1) is 4.72 Å². The van der Waals surface area contributed by atoms with Crippen molar-refractivity contribution in [3.05, 3.63) is 88.2 Å². The minimum absolute atomic E-state index is 0.0102. The summed E-state index contributed by atoms with van der Waals surface area (Å²) in [6.45, 7) is 2.95. The van der Waals surface area contributed by atoms with Gasteiger partial charge < -0.3 is 19.7 Å². The summed E-state index contributed by atoms with van der Waals surface area (Å²) in [6.07, 6.45) is 5.89.